The van der Waals surface area contributed by atoms with Gasteiger partial charge in [-0.05, 0) is 60.2 Å². The summed E-state index contributed by atoms with van der Waals surface area (Å²) in [5.41, 5.74) is 1.27. The van der Waals surface area contributed by atoms with Gasteiger partial charge in [-0.3, -0.25) is 14.5 Å². The first kappa shape index (κ1) is 26.3. The molecule has 0 saturated carbocycles. The van der Waals surface area contributed by atoms with E-state index < -0.39 is 17.7 Å². The van der Waals surface area contributed by atoms with Crippen molar-refractivity contribution in [3.05, 3.63) is 76.3 Å². The largest absolute Gasteiger partial charge is 0.507 e. The van der Waals surface area contributed by atoms with Crippen molar-refractivity contribution in [3.8, 4) is 23.0 Å². The second-order valence-corrected chi connectivity index (χ2v) is 9.91. The smallest absolute Gasteiger partial charge is 0.301 e. The average Bonchev–Trinajstić information content (AvgIpc) is 3.49. The Morgan fingerprint density at radius 2 is 1.59 bits per heavy atom. The fraction of sp³-hybridized carbons (Fsp3) is 0.179. The van der Waals surface area contributed by atoms with Crippen molar-refractivity contribution >= 4 is 55.7 Å². The van der Waals surface area contributed by atoms with E-state index in [2.05, 4.69) is 4.98 Å². The van der Waals surface area contributed by atoms with Gasteiger partial charge < -0.3 is 24.1 Å². The van der Waals surface area contributed by atoms with Crippen LogP contribution in [0.1, 0.15) is 17.2 Å². The molecule has 5 rings (SSSR count). The monoisotopic (exact) mass is 566 g/mol. The molecule has 1 atom stereocenters. The van der Waals surface area contributed by atoms with Gasteiger partial charge in [0.25, 0.3) is 5.78 Å². The molecule has 1 aliphatic heterocycles. The molecule has 1 amide bonds. The Balaban J connectivity index is 1.77. The number of carbonyl (C=O) groups excluding carboxylic acids is 2. The SMILES string of the molecule is COc1ccc(/C(O)=C2\C(=O)C(=O)N(c3nc4ccc(Cl)cc4s3)C2c2cc(OC)c(OC)c(OC)c2)cc1. The number of rotatable bonds is 7. The van der Waals surface area contributed by atoms with Gasteiger partial charge in [-0.25, -0.2) is 4.98 Å². The maximum atomic E-state index is 13.6. The van der Waals surface area contributed by atoms with Gasteiger partial charge in [-0.1, -0.05) is 22.9 Å². The highest BCUT2D eigenvalue weighted by molar-refractivity contribution is 7.22. The lowest BCUT2D eigenvalue weighted by atomic mass is 9.94. The third-order valence-corrected chi connectivity index (χ3v) is 7.61. The highest BCUT2D eigenvalue weighted by Crippen LogP contribution is 2.48. The predicted molar refractivity (Wildman–Crippen MR) is 149 cm³/mol. The van der Waals surface area contributed by atoms with E-state index in [0.29, 0.717) is 44.7 Å². The Labute approximate surface area is 232 Å². The highest BCUT2D eigenvalue weighted by atomic mass is 35.5. The van der Waals surface area contributed by atoms with Crippen LogP contribution in [0.15, 0.2) is 60.2 Å². The van der Waals surface area contributed by atoms with E-state index >= 15 is 0 Å². The Morgan fingerprint density at radius 1 is 0.923 bits per heavy atom. The third kappa shape index (κ3) is 4.51. The number of methoxy groups -OCH3 is 4. The summed E-state index contributed by atoms with van der Waals surface area (Å²) in [4.78, 5) is 33.0. The van der Waals surface area contributed by atoms with E-state index in [9.17, 15) is 14.7 Å². The summed E-state index contributed by atoms with van der Waals surface area (Å²) in [6.45, 7) is 0. The number of ketones is 1. The van der Waals surface area contributed by atoms with Crippen LogP contribution in [0.4, 0.5) is 5.13 Å². The summed E-state index contributed by atoms with van der Waals surface area (Å²) in [5.74, 6) is -0.502. The number of amides is 1. The second kappa shape index (κ2) is 10.5. The van der Waals surface area contributed by atoms with E-state index in [1.54, 1.807) is 54.6 Å². The van der Waals surface area contributed by atoms with Crippen molar-refractivity contribution in [2.45, 2.75) is 6.04 Å². The molecule has 1 aliphatic rings. The first-order chi connectivity index (χ1) is 18.8. The van der Waals surface area contributed by atoms with Crippen molar-refractivity contribution in [1.29, 1.82) is 0 Å². The molecule has 9 nitrogen and oxygen atoms in total. The zero-order valence-electron chi connectivity index (χ0n) is 21.4. The summed E-state index contributed by atoms with van der Waals surface area (Å²) in [6.07, 6.45) is 0. The van der Waals surface area contributed by atoms with Crippen LogP contribution in [-0.2, 0) is 9.59 Å². The van der Waals surface area contributed by atoms with Crippen molar-refractivity contribution < 1.29 is 33.6 Å². The van der Waals surface area contributed by atoms with Crippen LogP contribution >= 0.6 is 22.9 Å². The third-order valence-electron chi connectivity index (χ3n) is 6.36. The van der Waals surface area contributed by atoms with Crippen molar-refractivity contribution in [2.24, 2.45) is 0 Å². The van der Waals surface area contributed by atoms with Crippen LogP contribution < -0.4 is 23.8 Å². The molecule has 39 heavy (non-hydrogen) atoms. The Bertz CT molecular complexity index is 1610. The maximum Gasteiger partial charge on any atom is 0.301 e. The van der Waals surface area contributed by atoms with Crippen LogP contribution in [0.2, 0.25) is 5.02 Å². The molecule has 1 unspecified atom stereocenters. The fourth-order valence-corrected chi connectivity index (χ4v) is 5.77. The lowest BCUT2D eigenvalue weighted by Crippen LogP contribution is -2.29. The number of thiazole rings is 1. The average molecular weight is 567 g/mol. The highest BCUT2D eigenvalue weighted by Gasteiger charge is 2.48. The number of nitrogens with zero attached hydrogens (tertiary/aromatic N) is 2. The first-order valence-electron chi connectivity index (χ1n) is 11.6. The Hall–Kier alpha value is -4.28. The number of benzene rings is 3. The number of hydrogen-bond donors (Lipinski definition) is 1. The molecule has 1 saturated heterocycles. The van der Waals surface area contributed by atoms with Gasteiger partial charge in [-0.15, -0.1) is 0 Å². The van der Waals surface area contributed by atoms with Gasteiger partial charge >= 0.3 is 5.91 Å². The van der Waals surface area contributed by atoms with Crippen LogP contribution in [-0.4, -0.2) is 50.2 Å². The van der Waals surface area contributed by atoms with Gasteiger partial charge in [0.2, 0.25) is 5.75 Å². The standard InChI is InChI=1S/C28H23ClN2O7S/c1-35-17-8-5-14(6-9-17)24(32)22-23(15-11-19(36-2)26(38-4)20(12-15)37-3)31(27(34)25(22)33)28-30-18-10-7-16(29)13-21(18)39-28/h5-13,23,32H,1-4H3/b24-22+. The summed E-state index contributed by atoms with van der Waals surface area (Å²) < 4.78 is 22.4. The lowest BCUT2D eigenvalue weighted by Gasteiger charge is -2.24. The molecule has 0 radical (unpaired) electrons. The maximum absolute atomic E-state index is 13.6. The normalized spacial score (nSPS) is 16.5. The van der Waals surface area contributed by atoms with Crippen LogP contribution in [0.25, 0.3) is 16.0 Å². The molecule has 11 heteroatoms. The number of ether oxygens (including phenoxy) is 4. The molecule has 1 fully saturated rings. The zero-order valence-corrected chi connectivity index (χ0v) is 22.9. The lowest BCUT2D eigenvalue weighted by molar-refractivity contribution is -0.132. The molecule has 1 N–H and O–H groups in total. The molecule has 4 aromatic rings. The van der Waals surface area contributed by atoms with Crippen LogP contribution in [0, 0.1) is 0 Å². The quantitative estimate of drug-likeness (QED) is 0.175. The minimum absolute atomic E-state index is 0.114. The number of halogens is 1. The molecular formula is C28H23ClN2O7S. The van der Waals surface area contributed by atoms with Gasteiger partial charge in [0.15, 0.2) is 16.6 Å². The number of hydrogen-bond acceptors (Lipinski definition) is 9. The second-order valence-electron chi connectivity index (χ2n) is 8.46. The molecular weight excluding hydrogens is 544 g/mol. The first-order valence-corrected chi connectivity index (χ1v) is 12.8. The molecule has 2 heterocycles. The van der Waals surface area contributed by atoms with Crippen LogP contribution in [0.3, 0.4) is 0 Å². The predicted octanol–water partition coefficient (Wildman–Crippen LogP) is 5.61. The molecule has 0 spiro atoms. The van der Waals surface area contributed by atoms with Crippen LogP contribution in [0.5, 0.6) is 23.0 Å². The zero-order chi connectivity index (χ0) is 27.8. The minimum atomic E-state index is -1.06. The number of aromatic nitrogens is 1. The van der Waals surface area contributed by atoms with E-state index in [1.165, 1.54) is 44.7 Å². The molecule has 1 aromatic heterocycles. The van der Waals surface area contributed by atoms with Crippen molar-refractivity contribution in [2.75, 3.05) is 33.3 Å². The molecule has 0 bridgehead atoms. The minimum Gasteiger partial charge on any atom is -0.507 e. The number of aliphatic hydroxyl groups is 1. The van der Waals surface area contributed by atoms with Gasteiger partial charge in [-0.2, -0.15) is 0 Å². The summed E-state index contributed by atoms with van der Waals surface area (Å²) >= 11 is 7.37. The van der Waals surface area contributed by atoms with Gasteiger partial charge in [0.05, 0.1) is 50.3 Å². The molecule has 3 aromatic carbocycles. The number of fused-ring (bicyclic) bond motifs is 1. The Kier molecular flexibility index (Phi) is 7.07. The molecule has 200 valence electrons. The summed E-state index contributed by atoms with van der Waals surface area (Å²) in [6, 6.07) is 13.9. The summed E-state index contributed by atoms with van der Waals surface area (Å²) in [5, 5.41) is 12.2. The molecule has 0 aliphatic carbocycles. The van der Waals surface area contributed by atoms with E-state index in [4.69, 9.17) is 30.5 Å². The topological polar surface area (TPSA) is 107 Å². The number of aliphatic hydroxyl groups excluding tert-OH is 1. The van der Waals surface area contributed by atoms with Gasteiger partial charge in [0.1, 0.15) is 11.5 Å². The van der Waals surface area contributed by atoms with E-state index in [1.807, 2.05) is 0 Å². The van der Waals surface area contributed by atoms with E-state index in [0.717, 1.165) is 4.70 Å². The number of anilines is 1. The van der Waals surface area contributed by atoms with Crippen molar-refractivity contribution in [1.82, 2.24) is 4.98 Å². The van der Waals surface area contributed by atoms with Crippen molar-refractivity contribution in [3.63, 3.8) is 0 Å². The Morgan fingerprint density at radius 3 is 2.18 bits per heavy atom. The van der Waals surface area contributed by atoms with E-state index in [-0.39, 0.29) is 16.5 Å². The number of carbonyl (C=O) groups is 2. The van der Waals surface area contributed by atoms with Gasteiger partial charge in [0, 0.05) is 10.6 Å². The summed E-state index contributed by atoms with van der Waals surface area (Å²) in [7, 11) is 5.93. The fourth-order valence-electron chi connectivity index (χ4n) is 4.50. The number of Topliss-reactive ketones (excluding diaryl/α,β-unsaturated/α-hetero) is 1.